The molecule has 5 rings (SSSR count). The summed E-state index contributed by atoms with van der Waals surface area (Å²) in [5.74, 6) is -0.0466. The summed E-state index contributed by atoms with van der Waals surface area (Å²) in [5, 5.41) is 4.46. The Labute approximate surface area is 227 Å². The monoisotopic (exact) mass is 533 g/mol. The van der Waals surface area contributed by atoms with Crippen molar-refractivity contribution in [1.82, 2.24) is 34.3 Å². The van der Waals surface area contributed by atoms with Gasteiger partial charge in [-0.3, -0.25) is 14.6 Å². The number of rotatable bonds is 4. The van der Waals surface area contributed by atoms with E-state index in [0.717, 1.165) is 28.4 Å². The number of nitrogens with zero attached hydrogens (tertiary/aromatic N) is 7. The highest BCUT2D eigenvalue weighted by molar-refractivity contribution is 5.96. The molecule has 2 saturated heterocycles. The Balaban J connectivity index is 1.27. The first-order valence-corrected chi connectivity index (χ1v) is 13.6. The highest BCUT2D eigenvalue weighted by Crippen LogP contribution is 2.31. The van der Waals surface area contributed by atoms with Crippen LogP contribution < -0.4 is 0 Å². The second-order valence-electron chi connectivity index (χ2n) is 10.2. The van der Waals surface area contributed by atoms with Crippen LogP contribution in [-0.4, -0.2) is 98.1 Å². The molecule has 206 valence electrons. The van der Waals surface area contributed by atoms with Gasteiger partial charge in [-0.25, -0.2) is 14.3 Å². The summed E-state index contributed by atoms with van der Waals surface area (Å²) >= 11 is 0. The summed E-state index contributed by atoms with van der Waals surface area (Å²) in [6, 6.07) is 5.62. The Kier molecular flexibility index (Phi) is 7.49. The third kappa shape index (κ3) is 5.30. The fourth-order valence-corrected chi connectivity index (χ4v) is 5.45. The first-order valence-electron chi connectivity index (χ1n) is 13.6. The molecule has 0 bridgehead atoms. The summed E-state index contributed by atoms with van der Waals surface area (Å²) in [6.07, 6.45) is 2.73. The smallest absolute Gasteiger partial charge is 0.409 e. The van der Waals surface area contributed by atoms with E-state index in [1.165, 1.54) is 0 Å². The Morgan fingerprint density at radius 2 is 1.51 bits per heavy atom. The minimum absolute atomic E-state index is 0.0542. The van der Waals surface area contributed by atoms with Gasteiger partial charge in [-0.2, -0.15) is 5.10 Å². The van der Waals surface area contributed by atoms with E-state index in [2.05, 4.69) is 10.1 Å². The normalized spacial score (nSPS) is 16.6. The van der Waals surface area contributed by atoms with Crippen LogP contribution in [0.3, 0.4) is 0 Å². The van der Waals surface area contributed by atoms with Crippen LogP contribution in [0.25, 0.3) is 5.65 Å². The first-order chi connectivity index (χ1) is 18.8. The zero-order valence-electron chi connectivity index (χ0n) is 23.0. The van der Waals surface area contributed by atoms with Gasteiger partial charge in [0, 0.05) is 63.1 Å². The van der Waals surface area contributed by atoms with Crippen molar-refractivity contribution in [2.24, 2.45) is 0 Å². The van der Waals surface area contributed by atoms with Gasteiger partial charge in [-0.15, -0.1) is 0 Å². The van der Waals surface area contributed by atoms with E-state index >= 15 is 0 Å². The van der Waals surface area contributed by atoms with Crippen molar-refractivity contribution >= 4 is 23.6 Å². The van der Waals surface area contributed by atoms with Gasteiger partial charge in [-0.05, 0) is 52.7 Å². The van der Waals surface area contributed by atoms with Crippen LogP contribution in [0, 0.1) is 20.8 Å². The van der Waals surface area contributed by atoms with E-state index in [4.69, 9.17) is 9.72 Å². The molecule has 5 heterocycles. The van der Waals surface area contributed by atoms with Crippen LogP contribution >= 0.6 is 0 Å². The van der Waals surface area contributed by atoms with Crippen molar-refractivity contribution in [2.75, 3.05) is 45.9 Å². The molecule has 0 atom stereocenters. The Morgan fingerprint density at radius 1 is 0.872 bits per heavy atom. The lowest BCUT2D eigenvalue weighted by Gasteiger charge is -2.35. The maximum absolute atomic E-state index is 13.6. The summed E-state index contributed by atoms with van der Waals surface area (Å²) in [6.45, 7) is 10.8. The standard InChI is InChI=1S/C28H35N7O4/c1-5-39-28(38)34-14-12-33(13-15-34)26(36)22-7-6-18(2)30-25(22)21-8-10-32(11-9-21)27(37)23-17-29-24-16-19(3)31-35(24)20(23)4/h6-7,16-17,21H,5,8-15H2,1-4H3. The number of ether oxygens (including phenoxy) is 1. The molecular weight excluding hydrogens is 498 g/mol. The predicted octanol–water partition coefficient (Wildman–Crippen LogP) is 2.98. The van der Waals surface area contributed by atoms with E-state index in [1.807, 2.05) is 43.9 Å². The molecule has 0 spiro atoms. The maximum Gasteiger partial charge on any atom is 0.409 e. The van der Waals surface area contributed by atoms with Crippen molar-refractivity contribution in [3.05, 3.63) is 58.3 Å². The molecule has 39 heavy (non-hydrogen) atoms. The van der Waals surface area contributed by atoms with Gasteiger partial charge < -0.3 is 19.4 Å². The lowest BCUT2D eigenvalue weighted by atomic mass is 9.89. The second-order valence-corrected chi connectivity index (χ2v) is 10.2. The van der Waals surface area contributed by atoms with Gasteiger partial charge in [-0.1, -0.05) is 0 Å². The number of fused-ring (bicyclic) bond motifs is 1. The Hall–Kier alpha value is -4.02. The molecule has 0 N–H and O–H groups in total. The topological polar surface area (TPSA) is 113 Å². The zero-order chi connectivity index (χ0) is 27.7. The van der Waals surface area contributed by atoms with Crippen molar-refractivity contribution in [2.45, 2.75) is 46.5 Å². The molecule has 0 radical (unpaired) electrons. The van der Waals surface area contributed by atoms with Gasteiger partial charge in [0.25, 0.3) is 11.8 Å². The summed E-state index contributed by atoms with van der Waals surface area (Å²) < 4.78 is 6.81. The molecular formula is C28H35N7O4. The van der Waals surface area contributed by atoms with Crippen molar-refractivity contribution in [1.29, 1.82) is 0 Å². The van der Waals surface area contributed by atoms with E-state index in [-0.39, 0.29) is 23.8 Å². The third-order valence-electron chi connectivity index (χ3n) is 7.63. The fourth-order valence-electron chi connectivity index (χ4n) is 5.45. The molecule has 0 unspecified atom stereocenters. The number of amides is 3. The molecule has 3 aromatic rings. The second kappa shape index (κ2) is 11.0. The molecule has 3 amide bonds. The van der Waals surface area contributed by atoms with E-state index < -0.39 is 0 Å². The third-order valence-corrected chi connectivity index (χ3v) is 7.63. The van der Waals surface area contributed by atoms with Gasteiger partial charge >= 0.3 is 6.09 Å². The van der Waals surface area contributed by atoms with Gasteiger partial charge in [0.15, 0.2) is 5.65 Å². The lowest BCUT2D eigenvalue weighted by Crippen LogP contribution is -2.51. The van der Waals surface area contributed by atoms with Crippen LogP contribution in [0.4, 0.5) is 4.79 Å². The summed E-state index contributed by atoms with van der Waals surface area (Å²) in [5.41, 5.74) is 5.17. The predicted molar refractivity (Wildman–Crippen MR) is 144 cm³/mol. The zero-order valence-corrected chi connectivity index (χ0v) is 23.0. The number of carbonyl (C=O) groups excluding carboxylic acids is 3. The largest absolute Gasteiger partial charge is 0.450 e. The van der Waals surface area contributed by atoms with E-state index in [9.17, 15) is 14.4 Å². The number of aryl methyl sites for hydroxylation is 3. The molecule has 3 aromatic heterocycles. The number of piperazine rings is 1. The highest BCUT2D eigenvalue weighted by atomic mass is 16.6. The number of pyridine rings is 1. The minimum Gasteiger partial charge on any atom is -0.450 e. The first kappa shape index (κ1) is 26.6. The number of likely N-dealkylation sites (tertiary alicyclic amines) is 1. The quantitative estimate of drug-likeness (QED) is 0.507. The fraction of sp³-hybridized carbons (Fsp3) is 0.500. The number of hydrogen-bond donors (Lipinski definition) is 0. The average molecular weight is 534 g/mol. The molecule has 2 fully saturated rings. The number of aromatic nitrogens is 4. The molecule has 2 aliphatic heterocycles. The van der Waals surface area contributed by atoms with Crippen LogP contribution in [0.5, 0.6) is 0 Å². The van der Waals surface area contributed by atoms with Gasteiger partial charge in [0.2, 0.25) is 0 Å². The SMILES string of the molecule is CCOC(=O)N1CCN(C(=O)c2ccc(C)nc2C2CCN(C(=O)c3cnc4cc(C)nn4c3C)CC2)CC1. The number of hydrogen-bond acceptors (Lipinski definition) is 7. The Bertz CT molecular complexity index is 1400. The van der Waals surface area contributed by atoms with Gasteiger partial charge in [0.05, 0.1) is 34.8 Å². The maximum atomic E-state index is 13.6. The lowest BCUT2D eigenvalue weighted by molar-refractivity contribution is 0.0567. The summed E-state index contributed by atoms with van der Waals surface area (Å²) in [4.78, 5) is 53.5. The number of piperidine rings is 1. The van der Waals surface area contributed by atoms with Gasteiger partial charge in [0.1, 0.15) is 0 Å². The molecule has 0 aromatic carbocycles. The minimum atomic E-state index is -0.339. The number of carbonyl (C=O) groups is 3. The van der Waals surface area contributed by atoms with E-state index in [0.29, 0.717) is 69.8 Å². The Morgan fingerprint density at radius 3 is 2.21 bits per heavy atom. The summed E-state index contributed by atoms with van der Waals surface area (Å²) in [7, 11) is 0. The van der Waals surface area contributed by atoms with Crippen LogP contribution in [0.2, 0.25) is 0 Å². The van der Waals surface area contributed by atoms with E-state index in [1.54, 1.807) is 27.4 Å². The molecule has 2 aliphatic rings. The van der Waals surface area contributed by atoms with Crippen LogP contribution in [-0.2, 0) is 4.74 Å². The van der Waals surface area contributed by atoms with Crippen LogP contribution in [0.1, 0.15) is 69.2 Å². The molecule has 0 saturated carbocycles. The van der Waals surface area contributed by atoms with Crippen LogP contribution in [0.15, 0.2) is 24.4 Å². The van der Waals surface area contributed by atoms with Crippen molar-refractivity contribution < 1.29 is 19.1 Å². The highest BCUT2D eigenvalue weighted by Gasteiger charge is 2.32. The van der Waals surface area contributed by atoms with Crippen molar-refractivity contribution in [3.8, 4) is 0 Å². The molecule has 0 aliphatic carbocycles. The molecule has 11 nitrogen and oxygen atoms in total. The molecule has 11 heteroatoms. The van der Waals surface area contributed by atoms with Crippen molar-refractivity contribution in [3.63, 3.8) is 0 Å². The average Bonchev–Trinajstić information content (AvgIpc) is 3.34.